The highest BCUT2D eigenvalue weighted by molar-refractivity contribution is 5.65. The fraction of sp³-hybridized carbons (Fsp3) is 0.500. The summed E-state index contributed by atoms with van der Waals surface area (Å²) in [5.41, 5.74) is 0. The van der Waals surface area contributed by atoms with Crippen molar-refractivity contribution in [2.24, 2.45) is 11.1 Å². The standard InChI is InChI=1S/C10H15NO3/c1-12-9-4-5-10(13-2)8(6-9)7-11-14-3/h4-8,10H,1-3H3/b11-7+. The third-order valence-corrected chi connectivity index (χ3v) is 2.03. The van der Waals surface area contributed by atoms with Crippen molar-refractivity contribution in [1.82, 2.24) is 0 Å². The highest BCUT2D eigenvalue weighted by Crippen LogP contribution is 2.18. The molecule has 0 bridgehead atoms. The van der Waals surface area contributed by atoms with Gasteiger partial charge in [-0.05, 0) is 12.2 Å². The van der Waals surface area contributed by atoms with Gasteiger partial charge in [0.15, 0.2) is 0 Å². The summed E-state index contributed by atoms with van der Waals surface area (Å²) in [5, 5.41) is 3.72. The fourth-order valence-corrected chi connectivity index (χ4v) is 1.29. The lowest BCUT2D eigenvalue weighted by Gasteiger charge is -2.20. The van der Waals surface area contributed by atoms with Crippen LogP contribution in [0.15, 0.2) is 29.1 Å². The van der Waals surface area contributed by atoms with Crippen molar-refractivity contribution in [3.8, 4) is 0 Å². The minimum atomic E-state index is -0.00667. The average molecular weight is 197 g/mol. The van der Waals surface area contributed by atoms with Crippen molar-refractivity contribution in [2.45, 2.75) is 6.10 Å². The van der Waals surface area contributed by atoms with Crippen LogP contribution in [0.1, 0.15) is 0 Å². The summed E-state index contributed by atoms with van der Waals surface area (Å²) in [6.45, 7) is 0. The molecule has 0 aromatic heterocycles. The molecule has 0 aliphatic heterocycles. The van der Waals surface area contributed by atoms with Gasteiger partial charge in [0.05, 0.1) is 19.4 Å². The van der Waals surface area contributed by atoms with E-state index >= 15 is 0 Å². The number of allylic oxidation sites excluding steroid dienone is 1. The molecular formula is C10H15NO3. The molecule has 14 heavy (non-hydrogen) atoms. The molecule has 0 radical (unpaired) electrons. The summed E-state index contributed by atoms with van der Waals surface area (Å²) in [4.78, 5) is 4.63. The predicted molar refractivity (Wildman–Crippen MR) is 54.0 cm³/mol. The SMILES string of the molecule is CO/N=C/C1C=C(OC)C=CC1OC. The minimum Gasteiger partial charge on any atom is -0.497 e. The maximum Gasteiger partial charge on any atom is 0.115 e. The van der Waals surface area contributed by atoms with Crippen molar-refractivity contribution in [3.63, 3.8) is 0 Å². The first kappa shape index (κ1) is 10.8. The van der Waals surface area contributed by atoms with E-state index in [-0.39, 0.29) is 12.0 Å². The van der Waals surface area contributed by atoms with E-state index in [1.807, 2.05) is 18.2 Å². The molecule has 1 rings (SSSR count). The van der Waals surface area contributed by atoms with Gasteiger partial charge in [-0.25, -0.2) is 0 Å². The Morgan fingerprint density at radius 2 is 2.14 bits per heavy atom. The zero-order valence-corrected chi connectivity index (χ0v) is 8.64. The summed E-state index contributed by atoms with van der Waals surface area (Å²) in [6.07, 6.45) is 7.44. The van der Waals surface area contributed by atoms with Crippen molar-refractivity contribution >= 4 is 6.21 Å². The Morgan fingerprint density at radius 3 is 2.71 bits per heavy atom. The third-order valence-electron chi connectivity index (χ3n) is 2.03. The lowest BCUT2D eigenvalue weighted by molar-refractivity contribution is 0.121. The number of nitrogens with zero attached hydrogens (tertiary/aromatic N) is 1. The molecule has 1 aliphatic rings. The Morgan fingerprint density at radius 1 is 1.36 bits per heavy atom. The molecule has 1 aliphatic carbocycles. The van der Waals surface area contributed by atoms with E-state index in [1.54, 1.807) is 20.4 Å². The monoisotopic (exact) mass is 197 g/mol. The van der Waals surface area contributed by atoms with Crippen LogP contribution in [0.5, 0.6) is 0 Å². The Balaban J connectivity index is 2.72. The van der Waals surface area contributed by atoms with Gasteiger partial charge in [0.2, 0.25) is 0 Å². The number of hydrogen-bond acceptors (Lipinski definition) is 4. The fourth-order valence-electron chi connectivity index (χ4n) is 1.29. The Hall–Kier alpha value is -1.29. The van der Waals surface area contributed by atoms with Crippen LogP contribution in [0.25, 0.3) is 0 Å². The molecule has 78 valence electrons. The summed E-state index contributed by atoms with van der Waals surface area (Å²) < 4.78 is 10.4. The Bertz CT molecular complexity index is 258. The van der Waals surface area contributed by atoms with Gasteiger partial charge in [0, 0.05) is 13.0 Å². The molecule has 0 aromatic carbocycles. The van der Waals surface area contributed by atoms with Crippen LogP contribution < -0.4 is 0 Å². The summed E-state index contributed by atoms with van der Waals surface area (Å²) in [5.74, 6) is 0.866. The summed E-state index contributed by atoms with van der Waals surface area (Å²) >= 11 is 0. The van der Waals surface area contributed by atoms with Crippen LogP contribution in [0.3, 0.4) is 0 Å². The zero-order valence-electron chi connectivity index (χ0n) is 8.64. The first-order valence-electron chi connectivity index (χ1n) is 4.35. The van der Waals surface area contributed by atoms with E-state index < -0.39 is 0 Å². The van der Waals surface area contributed by atoms with Crippen LogP contribution in [0.2, 0.25) is 0 Å². The van der Waals surface area contributed by atoms with Gasteiger partial charge in [-0.3, -0.25) is 0 Å². The Kier molecular flexibility index (Phi) is 4.19. The van der Waals surface area contributed by atoms with Crippen molar-refractivity contribution in [1.29, 1.82) is 0 Å². The van der Waals surface area contributed by atoms with E-state index in [0.717, 1.165) is 5.76 Å². The molecule has 0 N–H and O–H groups in total. The van der Waals surface area contributed by atoms with Crippen molar-refractivity contribution < 1.29 is 14.3 Å². The smallest absolute Gasteiger partial charge is 0.115 e. The summed E-state index contributed by atoms with van der Waals surface area (Å²) in [6, 6.07) is 0. The molecule has 2 atom stereocenters. The molecule has 0 saturated heterocycles. The van der Waals surface area contributed by atoms with Gasteiger partial charge in [-0.1, -0.05) is 11.2 Å². The first-order chi connectivity index (χ1) is 6.81. The molecule has 4 nitrogen and oxygen atoms in total. The normalized spacial score (nSPS) is 26.4. The lowest BCUT2D eigenvalue weighted by atomic mass is 9.98. The van der Waals surface area contributed by atoms with E-state index in [1.165, 1.54) is 7.11 Å². The molecule has 0 aromatic rings. The van der Waals surface area contributed by atoms with Gasteiger partial charge >= 0.3 is 0 Å². The molecule has 0 fully saturated rings. The molecule has 2 unspecified atom stereocenters. The van der Waals surface area contributed by atoms with Crippen LogP contribution in [0, 0.1) is 5.92 Å². The van der Waals surface area contributed by atoms with Crippen LogP contribution in [-0.4, -0.2) is 33.6 Å². The highest BCUT2D eigenvalue weighted by atomic mass is 16.6. The average Bonchev–Trinajstić information content (AvgIpc) is 2.25. The van der Waals surface area contributed by atoms with E-state index in [0.29, 0.717) is 0 Å². The van der Waals surface area contributed by atoms with E-state index in [2.05, 4.69) is 9.99 Å². The predicted octanol–water partition coefficient (Wildman–Crippen LogP) is 1.35. The van der Waals surface area contributed by atoms with E-state index in [4.69, 9.17) is 9.47 Å². The molecule has 0 amide bonds. The Labute approximate surface area is 83.8 Å². The van der Waals surface area contributed by atoms with Crippen molar-refractivity contribution in [2.75, 3.05) is 21.3 Å². The second kappa shape index (κ2) is 5.44. The highest BCUT2D eigenvalue weighted by Gasteiger charge is 2.19. The van der Waals surface area contributed by atoms with Crippen LogP contribution >= 0.6 is 0 Å². The maximum absolute atomic E-state index is 5.26. The van der Waals surface area contributed by atoms with Gasteiger partial charge in [0.25, 0.3) is 0 Å². The zero-order chi connectivity index (χ0) is 10.4. The largest absolute Gasteiger partial charge is 0.497 e. The van der Waals surface area contributed by atoms with E-state index in [9.17, 15) is 0 Å². The number of oxime groups is 1. The van der Waals surface area contributed by atoms with Gasteiger partial charge < -0.3 is 14.3 Å². The number of rotatable bonds is 4. The first-order valence-corrected chi connectivity index (χ1v) is 4.35. The second-order valence-electron chi connectivity index (χ2n) is 2.85. The topological polar surface area (TPSA) is 40.0 Å². The second-order valence-corrected chi connectivity index (χ2v) is 2.85. The molecule has 4 heteroatoms. The van der Waals surface area contributed by atoms with Crippen molar-refractivity contribution in [3.05, 3.63) is 24.0 Å². The minimum absolute atomic E-state index is 0.00667. The number of hydrogen-bond donors (Lipinski definition) is 0. The quantitative estimate of drug-likeness (QED) is 0.504. The van der Waals surface area contributed by atoms with Gasteiger partial charge in [0.1, 0.15) is 12.9 Å². The third kappa shape index (κ3) is 2.60. The molecular weight excluding hydrogens is 182 g/mol. The lowest BCUT2D eigenvalue weighted by Crippen LogP contribution is -2.23. The molecule has 0 spiro atoms. The van der Waals surface area contributed by atoms with Crippen LogP contribution in [-0.2, 0) is 14.3 Å². The van der Waals surface area contributed by atoms with Crippen LogP contribution in [0.4, 0.5) is 0 Å². The maximum atomic E-state index is 5.26. The molecule has 0 heterocycles. The van der Waals surface area contributed by atoms with Gasteiger partial charge in [-0.2, -0.15) is 0 Å². The number of methoxy groups -OCH3 is 2. The van der Waals surface area contributed by atoms with Gasteiger partial charge in [-0.15, -0.1) is 0 Å². The number of ether oxygens (including phenoxy) is 2. The molecule has 0 saturated carbocycles. The summed E-state index contributed by atoms with van der Waals surface area (Å²) in [7, 11) is 4.81.